The Balaban J connectivity index is 1.81. The average Bonchev–Trinajstić information content (AvgIpc) is 2.78. The zero-order valence-electron chi connectivity index (χ0n) is 17.9. The fraction of sp³-hybridized carbons (Fsp3) is 0.316. The molecule has 1 aliphatic rings. The van der Waals surface area contributed by atoms with Crippen LogP contribution in [-0.4, -0.2) is 71.1 Å². The minimum Gasteiger partial charge on any atom is -0.379 e. The molecule has 0 radical (unpaired) electrons. The van der Waals surface area contributed by atoms with E-state index in [1.54, 1.807) is 0 Å². The van der Waals surface area contributed by atoms with Crippen LogP contribution in [0.25, 0.3) is 0 Å². The number of carbonyl (C=O) groups excluding carboxylic acids is 1. The molecule has 2 aromatic carbocycles. The van der Waals surface area contributed by atoms with Crippen LogP contribution in [0.1, 0.15) is 0 Å². The second kappa shape index (κ2) is 10.2. The molecule has 1 saturated heterocycles. The van der Waals surface area contributed by atoms with Crippen molar-refractivity contribution in [3.8, 4) is 0 Å². The Hall–Kier alpha value is -2.78. The van der Waals surface area contributed by atoms with Gasteiger partial charge in [-0.05, 0) is 30.3 Å². The summed E-state index contributed by atoms with van der Waals surface area (Å²) < 4.78 is 57.4. The first-order valence-corrected chi connectivity index (χ1v) is 13.5. The number of nitro groups is 1. The first-order valence-electron chi connectivity index (χ1n) is 9.79. The van der Waals surface area contributed by atoms with Gasteiger partial charge in [-0.1, -0.05) is 11.6 Å². The zero-order valence-corrected chi connectivity index (χ0v) is 20.3. The molecule has 2 aromatic rings. The molecule has 0 saturated carbocycles. The Morgan fingerprint density at radius 3 is 2.32 bits per heavy atom. The Morgan fingerprint density at radius 1 is 1.15 bits per heavy atom. The van der Waals surface area contributed by atoms with Crippen molar-refractivity contribution in [1.82, 2.24) is 4.31 Å². The number of nitrogens with one attached hydrogen (secondary N) is 1. The summed E-state index contributed by atoms with van der Waals surface area (Å²) in [6.45, 7) is 0.305. The predicted molar refractivity (Wildman–Crippen MR) is 125 cm³/mol. The number of carbonyl (C=O) groups is 1. The summed E-state index contributed by atoms with van der Waals surface area (Å²) in [5, 5.41) is 13.3. The number of rotatable bonds is 8. The third-order valence-corrected chi connectivity index (χ3v) is 8.24. The molecule has 34 heavy (non-hydrogen) atoms. The highest BCUT2D eigenvalue weighted by Crippen LogP contribution is 2.27. The van der Waals surface area contributed by atoms with E-state index in [1.807, 2.05) is 0 Å². The van der Waals surface area contributed by atoms with Crippen molar-refractivity contribution < 1.29 is 31.3 Å². The molecule has 0 spiro atoms. The van der Waals surface area contributed by atoms with Gasteiger partial charge in [0.15, 0.2) is 0 Å². The molecule has 0 bridgehead atoms. The maximum Gasteiger partial charge on any atom is 0.271 e. The second-order valence-electron chi connectivity index (χ2n) is 7.25. The molecule has 1 amide bonds. The van der Waals surface area contributed by atoms with Gasteiger partial charge in [-0.3, -0.25) is 19.2 Å². The normalized spacial score (nSPS) is 15.0. The molecular weight excluding hydrogens is 512 g/mol. The molecule has 0 aliphatic carbocycles. The smallest absolute Gasteiger partial charge is 0.271 e. The largest absolute Gasteiger partial charge is 0.379 e. The molecule has 1 fully saturated rings. The van der Waals surface area contributed by atoms with E-state index < -0.39 is 37.4 Å². The van der Waals surface area contributed by atoms with Gasteiger partial charge >= 0.3 is 0 Å². The molecule has 0 atom stereocenters. The van der Waals surface area contributed by atoms with Gasteiger partial charge in [0.2, 0.25) is 26.0 Å². The highest BCUT2D eigenvalue weighted by molar-refractivity contribution is 7.92. The molecule has 15 heteroatoms. The van der Waals surface area contributed by atoms with Crippen molar-refractivity contribution in [1.29, 1.82) is 0 Å². The Morgan fingerprint density at radius 2 is 1.76 bits per heavy atom. The number of non-ortho nitro benzene ring substituents is 1. The topological polar surface area (TPSA) is 156 Å². The SMILES string of the molecule is CS(=O)(=O)N(CC(=O)Nc1cc([N+](=O)[O-])ccc1Cl)c1ccc(S(=O)(=O)N2CCOCC2)cc1. The first kappa shape index (κ1) is 25.8. The van der Waals surface area contributed by atoms with Crippen molar-refractivity contribution in [3.05, 3.63) is 57.6 Å². The number of nitrogens with zero attached hydrogens (tertiary/aromatic N) is 3. The summed E-state index contributed by atoms with van der Waals surface area (Å²) in [5.41, 5.74) is -0.304. The van der Waals surface area contributed by atoms with E-state index in [1.165, 1.54) is 34.6 Å². The van der Waals surface area contributed by atoms with Gasteiger partial charge in [-0.2, -0.15) is 4.31 Å². The molecule has 12 nitrogen and oxygen atoms in total. The van der Waals surface area contributed by atoms with Crippen molar-refractivity contribution in [2.24, 2.45) is 0 Å². The van der Waals surface area contributed by atoms with Crippen molar-refractivity contribution in [3.63, 3.8) is 0 Å². The number of nitro benzene ring substituents is 1. The van der Waals surface area contributed by atoms with Gasteiger partial charge in [0.1, 0.15) is 6.54 Å². The van der Waals surface area contributed by atoms with Gasteiger partial charge in [0, 0.05) is 25.2 Å². The van der Waals surface area contributed by atoms with Crippen LogP contribution >= 0.6 is 11.6 Å². The van der Waals surface area contributed by atoms with Gasteiger partial charge < -0.3 is 10.1 Å². The lowest BCUT2D eigenvalue weighted by Gasteiger charge is -2.26. The monoisotopic (exact) mass is 532 g/mol. The highest BCUT2D eigenvalue weighted by Gasteiger charge is 2.27. The number of ether oxygens (including phenoxy) is 1. The summed E-state index contributed by atoms with van der Waals surface area (Å²) >= 11 is 5.97. The summed E-state index contributed by atoms with van der Waals surface area (Å²) in [7, 11) is -7.73. The van der Waals surface area contributed by atoms with Crippen molar-refractivity contribution >= 4 is 54.6 Å². The van der Waals surface area contributed by atoms with E-state index in [9.17, 15) is 31.7 Å². The van der Waals surface area contributed by atoms with E-state index >= 15 is 0 Å². The summed E-state index contributed by atoms with van der Waals surface area (Å²) in [5.74, 6) is -0.808. The molecule has 1 heterocycles. The van der Waals surface area contributed by atoms with Crippen LogP contribution < -0.4 is 9.62 Å². The van der Waals surface area contributed by atoms with Crippen molar-refractivity contribution in [2.75, 3.05) is 48.7 Å². The number of amides is 1. The lowest BCUT2D eigenvalue weighted by molar-refractivity contribution is -0.384. The fourth-order valence-electron chi connectivity index (χ4n) is 3.16. The minimum atomic E-state index is -3.95. The van der Waals surface area contributed by atoms with Crippen LogP contribution in [-0.2, 0) is 29.6 Å². The number of hydrogen-bond acceptors (Lipinski definition) is 8. The first-order chi connectivity index (χ1) is 15.9. The van der Waals surface area contributed by atoms with Gasteiger partial charge in [-0.25, -0.2) is 16.8 Å². The maximum absolute atomic E-state index is 12.8. The van der Waals surface area contributed by atoms with Crippen molar-refractivity contribution in [2.45, 2.75) is 4.90 Å². The van der Waals surface area contributed by atoms with E-state index in [-0.39, 0.29) is 53.3 Å². The van der Waals surface area contributed by atoms with E-state index in [4.69, 9.17) is 16.3 Å². The lowest BCUT2D eigenvalue weighted by Crippen LogP contribution is -2.40. The number of benzene rings is 2. The number of halogens is 1. The standard InChI is InChI=1S/C19H21ClN4O8S2/c1-33(28,29)23(13-19(25)21-18-12-15(24(26)27)4-7-17(18)20)14-2-5-16(6-3-14)34(30,31)22-8-10-32-11-9-22/h2-7,12H,8-11,13H2,1H3,(H,21,25). The summed E-state index contributed by atoms with van der Waals surface area (Å²) in [6, 6.07) is 8.52. The number of hydrogen-bond donors (Lipinski definition) is 1. The number of sulfonamides is 2. The molecule has 0 unspecified atom stereocenters. The van der Waals surface area contributed by atoms with Crippen LogP contribution in [0.4, 0.5) is 17.1 Å². The molecule has 3 rings (SSSR count). The minimum absolute atomic E-state index is 0.0283. The maximum atomic E-state index is 12.8. The average molecular weight is 533 g/mol. The van der Waals surface area contributed by atoms with Gasteiger partial charge in [0.25, 0.3) is 5.69 Å². The summed E-state index contributed by atoms with van der Waals surface area (Å²) in [6.07, 6.45) is 0.888. The third-order valence-electron chi connectivity index (χ3n) is 4.85. The number of anilines is 2. The molecule has 184 valence electrons. The molecule has 1 aliphatic heterocycles. The highest BCUT2D eigenvalue weighted by atomic mass is 35.5. The predicted octanol–water partition coefficient (Wildman–Crippen LogP) is 1.67. The number of morpholine rings is 1. The van der Waals surface area contributed by atoms with E-state index in [0.717, 1.165) is 22.7 Å². The van der Waals surface area contributed by atoms with E-state index in [2.05, 4.69) is 5.32 Å². The fourth-order valence-corrected chi connectivity index (χ4v) is 5.59. The third kappa shape index (κ3) is 6.01. The Bertz CT molecular complexity index is 1290. The molecular formula is C19H21ClN4O8S2. The molecule has 1 N–H and O–H groups in total. The second-order valence-corrected chi connectivity index (χ2v) is 11.5. The van der Waals surface area contributed by atoms with Crippen LogP contribution in [0.5, 0.6) is 0 Å². The van der Waals surface area contributed by atoms with Crippen LogP contribution in [0.2, 0.25) is 5.02 Å². The Kier molecular flexibility index (Phi) is 7.77. The van der Waals surface area contributed by atoms with Gasteiger partial charge in [-0.15, -0.1) is 0 Å². The lowest BCUT2D eigenvalue weighted by atomic mass is 10.2. The summed E-state index contributed by atoms with van der Waals surface area (Å²) in [4.78, 5) is 22.8. The van der Waals surface area contributed by atoms with Crippen LogP contribution in [0.15, 0.2) is 47.4 Å². The quantitative estimate of drug-likeness (QED) is 0.397. The zero-order chi connectivity index (χ0) is 25.1. The van der Waals surface area contributed by atoms with Crippen LogP contribution in [0, 0.1) is 10.1 Å². The molecule has 0 aromatic heterocycles. The van der Waals surface area contributed by atoms with E-state index in [0.29, 0.717) is 0 Å². The Labute approximate surface area is 201 Å². The van der Waals surface area contributed by atoms with Gasteiger partial charge in [0.05, 0.1) is 45.7 Å². The van der Waals surface area contributed by atoms with Crippen LogP contribution in [0.3, 0.4) is 0 Å².